The first kappa shape index (κ1) is 23.5. The van der Waals surface area contributed by atoms with Crippen molar-refractivity contribution in [2.75, 3.05) is 0 Å². The van der Waals surface area contributed by atoms with Crippen molar-refractivity contribution in [2.24, 2.45) is 0 Å². The van der Waals surface area contributed by atoms with E-state index in [-0.39, 0.29) is 17.9 Å². The summed E-state index contributed by atoms with van der Waals surface area (Å²) in [5, 5.41) is 13.1. The zero-order valence-corrected chi connectivity index (χ0v) is 20.4. The molecule has 1 fully saturated rings. The predicted molar refractivity (Wildman–Crippen MR) is 138 cm³/mol. The Balaban J connectivity index is 1.43. The van der Waals surface area contributed by atoms with Gasteiger partial charge >= 0.3 is 0 Å². The molecule has 6 nitrogen and oxygen atoms in total. The number of aliphatic hydroxyl groups is 1. The van der Waals surface area contributed by atoms with E-state index in [9.17, 15) is 14.7 Å². The summed E-state index contributed by atoms with van der Waals surface area (Å²) in [4.78, 5) is 32.6. The average Bonchev–Trinajstić information content (AvgIpc) is 3.51. The van der Waals surface area contributed by atoms with Crippen LogP contribution >= 0.6 is 11.3 Å². The molecule has 0 radical (unpaired) electrons. The lowest BCUT2D eigenvalue weighted by Crippen LogP contribution is -2.28. The molecule has 0 aliphatic carbocycles. The number of hydrogen-bond acceptors (Lipinski definition) is 6. The summed E-state index contributed by atoms with van der Waals surface area (Å²) in [6, 6.07) is 21.7. The van der Waals surface area contributed by atoms with Gasteiger partial charge < -0.3 is 14.7 Å². The summed E-state index contributed by atoms with van der Waals surface area (Å²) in [5.74, 6) is -0.906. The van der Waals surface area contributed by atoms with E-state index >= 15 is 0 Å². The Morgan fingerprint density at radius 1 is 1.03 bits per heavy atom. The fourth-order valence-corrected chi connectivity index (χ4v) is 5.15. The van der Waals surface area contributed by atoms with Crippen molar-refractivity contribution < 1.29 is 19.4 Å². The highest BCUT2D eigenvalue weighted by Crippen LogP contribution is 2.42. The van der Waals surface area contributed by atoms with Gasteiger partial charge in [-0.25, -0.2) is 0 Å². The second-order valence-corrected chi connectivity index (χ2v) is 9.59. The number of aliphatic hydroxyl groups excluding tert-OH is 1. The van der Waals surface area contributed by atoms with Gasteiger partial charge in [0.25, 0.3) is 11.7 Å². The normalized spacial score (nSPS) is 16.9. The van der Waals surface area contributed by atoms with E-state index in [1.165, 1.54) is 16.2 Å². The SMILES string of the molecule is Cc1cccc(COc2ccc(/C(O)=C3\C(=O)C(=O)N(Cc4cccnc4)[C@@H]3c3cccs3)cc2)c1. The third-order valence-corrected chi connectivity index (χ3v) is 6.97. The Morgan fingerprint density at radius 3 is 2.53 bits per heavy atom. The predicted octanol–water partition coefficient (Wildman–Crippen LogP) is 5.65. The summed E-state index contributed by atoms with van der Waals surface area (Å²) in [7, 11) is 0. The Hall–Kier alpha value is -4.23. The second-order valence-electron chi connectivity index (χ2n) is 8.61. The summed E-state index contributed by atoms with van der Waals surface area (Å²) >= 11 is 1.44. The van der Waals surface area contributed by atoms with Crippen LogP contribution in [-0.4, -0.2) is 26.7 Å². The van der Waals surface area contributed by atoms with Crippen LogP contribution in [0.3, 0.4) is 0 Å². The first-order valence-electron chi connectivity index (χ1n) is 11.5. The maximum atomic E-state index is 13.1. The molecule has 2 aromatic heterocycles. The quantitative estimate of drug-likeness (QED) is 0.203. The fraction of sp³-hybridized carbons (Fsp3) is 0.138. The first-order valence-corrected chi connectivity index (χ1v) is 12.4. The number of carbonyl (C=O) groups is 2. The van der Waals surface area contributed by atoms with Gasteiger partial charge in [0.05, 0.1) is 11.6 Å². The molecule has 2 aromatic carbocycles. The average molecular weight is 497 g/mol. The summed E-state index contributed by atoms with van der Waals surface area (Å²) in [6.45, 7) is 2.67. The van der Waals surface area contributed by atoms with E-state index in [4.69, 9.17) is 4.74 Å². The van der Waals surface area contributed by atoms with Crippen molar-refractivity contribution >= 4 is 28.8 Å². The molecule has 0 unspecified atom stereocenters. The van der Waals surface area contributed by atoms with Crippen LogP contribution in [0.15, 0.2) is 96.1 Å². The molecule has 0 bridgehead atoms. The van der Waals surface area contributed by atoms with Crippen LogP contribution in [-0.2, 0) is 22.7 Å². The van der Waals surface area contributed by atoms with Crippen molar-refractivity contribution in [1.82, 2.24) is 9.88 Å². The fourth-order valence-electron chi connectivity index (χ4n) is 4.31. The molecular formula is C29H24N2O4S. The zero-order valence-electron chi connectivity index (χ0n) is 19.6. The Bertz CT molecular complexity index is 1410. The molecule has 1 aliphatic heterocycles. The van der Waals surface area contributed by atoms with Gasteiger partial charge in [0.1, 0.15) is 18.1 Å². The molecule has 1 atom stereocenters. The number of benzene rings is 2. The van der Waals surface area contributed by atoms with Crippen molar-refractivity contribution in [2.45, 2.75) is 26.1 Å². The van der Waals surface area contributed by atoms with Crippen molar-refractivity contribution in [3.63, 3.8) is 0 Å². The molecule has 0 saturated carbocycles. The summed E-state index contributed by atoms with van der Waals surface area (Å²) in [5.41, 5.74) is 3.55. The van der Waals surface area contributed by atoms with Gasteiger partial charge in [-0.05, 0) is 59.8 Å². The molecule has 5 rings (SSSR count). The number of likely N-dealkylation sites (tertiary alicyclic amines) is 1. The maximum Gasteiger partial charge on any atom is 0.295 e. The van der Waals surface area contributed by atoms with Crippen LogP contribution in [0.25, 0.3) is 5.76 Å². The highest BCUT2D eigenvalue weighted by molar-refractivity contribution is 7.10. The molecule has 36 heavy (non-hydrogen) atoms. The van der Waals surface area contributed by atoms with Crippen LogP contribution in [0.1, 0.15) is 33.2 Å². The van der Waals surface area contributed by atoms with Crippen LogP contribution in [0, 0.1) is 6.92 Å². The lowest BCUT2D eigenvalue weighted by molar-refractivity contribution is -0.140. The van der Waals surface area contributed by atoms with Gasteiger partial charge in [0, 0.05) is 29.4 Å². The standard InChI is InChI=1S/C29H24N2O4S/c1-19-5-2-6-20(15-19)18-35-23-11-9-22(10-12-23)27(32)25-26(24-8-4-14-36-24)31(29(34)28(25)33)17-21-7-3-13-30-16-21/h2-16,26,32H,17-18H2,1H3/b27-25+/t26-/m1/s1. The number of amides is 1. The van der Waals surface area contributed by atoms with Gasteiger partial charge in [-0.3, -0.25) is 14.6 Å². The van der Waals surface area contributed by atoms with E-state index in [2.05, 4.69) is 11.1 Å². The van der Waals surface area contributed by atoms with Crippen LogP contribution in [0.4, 0.5) is 0 Å². The first-order chi connectivity index (χ1) is 17.5. The lowest BCUT2D eigenvalue weighted by Gasteiger charge is -2.24. The van der Waals surface area contributed by atoms with Crippen molar-refractivity contribution in [3.8, 4) is 5.75 Å². The van der Waals surface area contributed by atoms with Crippen LogP contribution < -0.4 is 4.74 Å². The number of Topliss-reactive ketones (excluding diaryl/α,β-unsaturated/α-hetero) is 1. The monoisotopic (exact) mass is 496 g/mol. The molecule has 3 heterocycles. The van der Waals surface area contributed by atoms with E-state index < -0.39 is 17.7 Å². The summed E-state index contributed by atoms with van der Waals surface area (Å²) in [6.07, 6.45) is 3.32. The Labute approximate surface area is 213 Å². The maximum absolute atomic E-state index is 13.1. The number of hydrogen-bond donors (Lipinski definition) is 1. The van der Waals surface area contributed by atoms with Gasteiger partial charge in [0.2, 0.25) is 0 Å². The lowest BCUT2D eigenvalue weighted by atomic mass is 9.99. The second kappa shape index (κ2) is 10.2. The number of pyridine rings is 1. The van der Waals surface area contributed by atoms with Gasteiger partial charge in [-0.2, -0.15) is 0 Å². The minimum Gasteiger partial charge on any atom is -0.507 e. The van der Waals surface area contributed by atoms with E-state index in [0.717, 1.165) is 21.6 Å². The third-order valence-electron chi connectivity index (χ3n) is 6.04. The number of nitrogens with zero attached hydrogens (tertiary/aromatic N) is 2. The number of rotatable bonds is 7. The minimum atomic E-state index is -0.699. The van der Waals surface area contributed by atoms with Gasteiger partial charge in [-0.15, -0.1) is 11.3 Å². The number of thiophene rings is 1. The number of aromatic nitrogens is 1. The van der Waals surface area contributed by atoms with Crippen LogP contribution in [0.2, 0.25) is 0 Å². The topological polar surface area (TPSA) is 79.7 Å². The number of ketones is 1. The number of aryl methyl sites for hydroxylation is 1. The van der Waals surface area contributed by atoms with E-state index in [0.29, 0.717) is 17.9 Å². The summed E-state index contributed by atoms with van der Waals surface area (Å²) < 4.78 is 5.88. The number of ether oxygens (including phenoxy) is 1. The van der Waals surface area contributed by atoms with E-state index in [1.807, 2.05) is 48.7 Å². The molecule has 1 aliphatic rings. The Kier molecular flexibility index (Phi) is 6.64. The molecular weight excluding hydrogens is 472 g/mol. The third kappa shape index (κ3) is 4.78. The van der Waals surface area contributed by atoms with Gasteiger partial charge in [-0.1, -0.05) is 42.0 Å². The van der Waals surface area contributed by atoms with Crippen molar-refractivity contribution in [3.05, 3.63) is 123 Å². The molecule has 4 aromatic rings. The molecule has 1 N–H and O–H groups in total. The van der Waals surface area contributed by atoms with Gasteiger partial charge in [0.15, 0.2) is 0 Å². The van der Waals surface area contributed by atoms with Crippen LogP contribution in [0.5, 0.6) is 5.75 Å². The largest absolute Gasteiger partial charge is 0.507 e. The number of carbonyl (C=O) groups excluding carboxylic acids is 2. The molecule has 1 amide bonds. The molecule has 7 heteroatoms. The zero-order chi connectivity index (χ0) is 25.1. The minimum absolute atomic E-state index is 0.0831. The van der Waals surface area contributed by atoms with E-state index in [1.54, 1.807) is 42.7 Å². The highest BCUT2D eigenvalue weighted by atomic mass is 32.1. The smallest absolute Gasteiger partial charge is 0.295 e. The molecule has 0 spiro atoms. The highest BCUT2D eigenvalue weighted by Gasteiger charge is 2.46. The van der Waals surface area contributed by atoms with Crippen molar-refractivity contribution in [1.29, 1.82) is 0 Å². The molecule has 1 saturated heterocycles. The Morgan fingerprint density at radius 2 is 1.83 bits per heavy atom. The molecule has 180 valence electrons.